The zero-order valence-corrected chi connectivity index (χ0v) is 12.6. The topological polar surface area (TPSA) is 72.2 Å². The summed E-state index contributed by atoms with van der Waals surface area (Å²) in [6.07, 6.45) is 0. The van der Waals surface area contributed by atoms with E-state index in [4.69, 9.17) is 17.3 Å². The second-order valence-electron chi connectivity index (χ2n) is 4.12. The van der Waals surface area contributed by atoms with Crippen LogP contribution in [-0.4, -0.2) is 15.0 Å². The van der Waals surface area contributed by atoms with E-state index < -0.39 is 10.0 Å². The van der Waals surface area contributed by atoms with Crippen molar-refractivity contribution in [1.82, 2.24) is 0 Å². The van der Waals surface area contributed by atoms with Gasteiger partial charge in [0.15, 0.2) is 0 Å². The zero-order chi connectivity index (χ0) is 15.3. The molecule has 0 saturated heterocycles. The maximum Gasteiger partial charge on any atom is 0.263 e. The molecule has 2 aromatic carbocycles. The van der Waals surface area contributed by atoms with Crippen LogP contribution in [0.4, 0.5) is 5.69 Å². The third kappa shape index (κ3) is 3.99. The quantitative estimate of drug-likeness (QED) is 0.853. The molecule has 21 heavy (non-hydrogen) atoms. The Morgan fingerprint density at radius 2 is 1.90 bits per heavy atom. The Morgan fingerprint density at radius 3 is 2.62 bits per heavy atom. The van der Waals surface area contributed by atoms with E-state index in [1.807, 2.05) is 0 Å². The van der Waals surface area contributed by atoms with Crippen LogP contribution in [0.1, 0.15) is 5.56 Å². The van der Waals surface area contributed by atoms with Gasteiger partial charge in [0.25, 0.3) is 10.0 Å². The largest absolute Gasteiger partial charge is 0.320 e. The predicted molar refractivity (Wildman–Crippen MR) is 84.6 cm³/mol. The fourth-order valence-corrected chi connectivity index (χ4v) is 3.12. The Kier molecular flexibility index (Phi) is 4.86. The van der Waals surface area contributed by atoms with Crippen molar-refractivity contribution in [3.05, 3.63) is 59.1 Å². The summed E-state index contributed by atoms with van der Waals surface area (Å²) < 4.78 is 27.4. The van der Waals surface area contributed by atoms with Crippen molar-refractivity contribution < 1.29 is 8.42 Å². The lowest BCUT2D eigenvalue weighted by atomic mass is 10.2. The summed E-state index contributed by atoms with van der Waals surface area (Å²) in [5.74, 6) is 5.41. The number of sulfonamides is 1. The molecule has 0 aliphatic carbocycles. The molecule has 6 heteroatoms. The average Bonchev–Trinajstić information content (AvgIpc) is 2.45. The van der Waals surface area contributed by atoms with Crippen LogP contribution in [0.2, 0.25) is 5.02 Å². The van der Waals surface area contributed by atoms with E-state index in [9.17, 15) is 8.42 Å². The van der Waals surface area contributed by atoms with E-state index in [1.54, 1.807) is 36.4 Å². The van der Waals surface area contributed by atoms with Crippen LogP contribution in [-0.2, 0) is 10.0 Å². The first kappa shape index (κ1) is 15.4. The van der Waals surface area contributed by atoms with Crippen molar-refractivity contribution in [1.29, 1.82) is 0 Å². The van der Waals surface area contributed by atoms with Crippen LogP contribution in [0.5, 0.6) is 0 Å². The van der Waals surface area contributed by atoms with Crippen molar-refractivity contribution in [2.45, 2.75) is 4.90 Å². The highest BCUT2D eigenvalue weighted by atomic mass is 35.5. The smallest absolute Gasteiger partial charge is 0.263 e. The van der Waals surface area contributed by atoms with Crippen LogP contribution < -0.4 is 10.5 Å². The summed E-state index contributed by atoms with van der Waals surface area (Å²) in [7, 11) is -3.74. The van der Waals surface area contributed by atoms with E-state index in [0.717, 1.165) is 0 Å². The normalized spacial score (nSPS) is 10.6. The first-order valence-corrected chi connectivity index (χ1v) is 7.95. The van der Waals surface area contributed by atoms with Crippen molar-refractivity contribution in [3.63, 3.8) is 0 Å². The summed E-state index contributed by atoms with van der Waals surface area (Å²) >= 11 is 5.85. The molecule has 0 aliphatic rings. The molecular weight excluding hydrogens is 308 g/mol. The molecule has 2 rings (SSSR count). The highest BCUT2D eigenvalue weighted by Gasteiger charge is 2.17. The Hall–Kier alpha value is -2.00. The van der Waals surface area contributed by atoms with Gasteiger partial charge < -0.3 is 5.73 Å². The fraction of sp³-hybridized carbons (Fsp3) is 0.0667. The lowest BCUT2D eigenvalue weighted by molar-refractivity contribution is 0.601. The summed E-state index contributed by atoms with van der Waals surface area (Å²) in [5.41, 5.74) is 6.12. The minimum absolute atomic E-state index is 0.103. The molecular formula is C15H13ClN2O2S. The van der Waals surface area contributed by atoms with Crippen LogP contribution in [0.15, 0.2) is 53.4 Å². The monoisotopic (exact) mass is 320 g/mol. The van der Waals surface area contributed by atoms with E-state index in [-0.39, 0.29) is 11.4 Å². The summed E-state index contributed by atoms with van der Waals surface area (Å²) in [5, 5.41) is 0.450. The van der Waals surface area contributed by atoms with Gasteiger partial charge in [-0.1, -0.05) is 41.6 Å². The number of nitrogens with two attached hydrogens (primary N) is 1. The summed E-state index contributed by atoms with van der Waals surface area (Å²) in [6, 6.07) is 13.0. The Bertz CT molecular complexity index is 808. The van der Waals surface area contributed by atoms with Gasteiger partial charge in [-0.25, -0.2) is 8.42 Å². The van der Waals surface area contributed by atoms with Gasteiger partial charge in [-0.2, -0.15) is 0 Å². The third-order valence-corrected chi connectivity index (χ3v) is 4.25. The van der Waals surface area contributed by atoms with Crippen LogP contribution in [0.3, 0.4) is 0 Å². The fourth-order valence-electron chi connectivity index (χ4n) is 1.71. The molecule has 4 nitrogen and oxygen atoms in total. The van der Waals surface area contributed by atoms with Gasteiger partial charge in [-0.15, -0.1) is 0 Å². The minimum Gasteiger partial charge on any atom is -0.320 e. The lowest BCUT2D eigenvalue weighted by Gasteiger charge is -2.09. The van der Waals surface area contributed by atoms with Crippen molar-refractivity contribution in [2.75, 3.05) is 11.3 Å². The van der Waals surface area contributed by atoms with Gasteiger partial charge >= 0.3 is 0 Å². The molecule has 0 fully saturated rings. The summed E-state index contributed by atoms with van der Waals surface area (Å²) in [4.78, 5) is 0.103. The molecule has 0 saturated carbocycles. The molecule has 108 valence electrons. The van der Waals surface area contributed by atoms with E-state index >= 15 is 0 Å². The molecule has 0 heterocycles. The average molecular weight is 321 g/mol. The molecule has 3 N–H and O–H groups in total. The maximum atomic E-state index is 12.4. The van der Waals surface area contributed by atoms with Gasteiger partial charge in [0.2, 0.25) is 0 Å². The molecule has 0 atom stereocenters. The van der Waals surface area contributed by atoms with Crippen LogP contribution in [0, 0.1) is 11.8 Å². The molecule has 0 aliphatic heterocycles. The second kappa shape index (κ2) is 6.64. The maximum absolute atomic E-state index is 12.4. The van der Waals surface area contributed by atoms with E-state index in [0.29, 0.717) is 16.3 Å². The summed E-state index contributed by atoms with van der Waals surface area (Å²) in [6.45, 7) is 0.163. The molecule has 0 unspecified atom stereocenters. The molecule has 0 amide bonds. The first-order valence-electron chi connectivity index (χ1n) is 6.09. The number of halogens is 1. The molecule has 0 radical (unpaired) electrons. The van der Waals surface area contributed by atoms with Crippen molar-refractivity contribution in [3.8, 4) is 11.8 Å². The van der Waals surface area contributed by atoms with Gasteiger partial charge in [0, 0.05) is 10.6 Å². The minimum atomic E-state index is -3.74. The van der Waals surface area contributed by atoms with E-state index in [2.05, 4.69) is 16.6 Å². The molecule has 0 bridgehead atoms. The highest BCUT2D eigenvalue weighted by Crippen LogP contribution is 2.21. The number of nitrogens with one attached hydrogen (secondary N) is 1. The SMILES string of the molecule is NCC#Cc1ccccc1S(=O)(=O)Nc1cccc(Cl)c1. The van der Waals surface area contributed by atoms with Crippen LogP contribution >= 0.6 is 11.6 Å². The Labute approximate surface area is 129 Å². The number of benzene rings is 2. The third-order valence-electron chi connectivity index (χ3n) is 2.58. The van der Waals surface area contributed by atoms with Gasteiger partial charge in [-0.3, -0.25) is 4.72 Å². The van der Waals surface area contributed by atoms with Crippen molar-refractivity contribution in [2.24, 2.45) is 5.73 Å². The predicted octanol–water partition coefficient (Wildman–Crippen LogP) is 2.45. The van der Waals surface area contributed by atoms with Gasteiger partial charge in [0.1, 0.15) is 4.90 Å². The molecule has 0 spiro atoms. The van der Waals surface area contributed by atoms with Gasteiger partial charge in [0.05, 0.1) is 12.2 Å². The number of hydrogen-bond donors (Lipinski definition) is 2. The number of rotatable bonds is 3. The lowest BCUT2D eigenvalue weighted by Crippen LogP contribution is -2.14. The first-order chi connectivity index (χ1) is 10.0. The number of anilines is 1. The van der Waals surface area contributed by atoms with Crippen LogP contribution in [0.25, 0.3) is 0 Å². The van der Waals surface area contributed by atoms with Crippen molar-refractivity contribution >= 4 is 27.3 Å². The molecule has 0 aromatic heterocycles. The Balaban J connectivity index is 2.40. The van der Waals surface area contributed by atoms with Gasteiger partial charge in [-0.05, 0) is 30.3 Å². The second-order valence-corrected chi connectivity index (χ2v) is 6.21. The standard InChI is InChI=1S/C15H13ClN2O2S/c16-13-7-3-8-14(11-13)18-21(19,20)15-9-2-1-5-12(15)6-4-10-17/h1-3,5,7-9,11,18H,10,17H2. The van der Waals surface area contributed by atoms with E-state index in [1.165, 1.54) is 12.1 Å². The zero-order valence-electron chi connectivity index (χ0n) is 11.0. The molecule has 2 aromatic rings. The Morgan fingerprint density at radius 1 is 1.14 bits per heavy atom. The highest BCUT2D eigenvalue weighted by molar-refractivity contribution is 7.92. The number of hydrogen-bond acceptors (Lipinski definition) is 3.